The number of rotatable bonds is 2. The third kappa shape index (κ3) is 2.12. The monoisotopic (exact) mass is 234 g/mol. The van der Waals surface area contributed by atoms with Crippen molar-refractivity contribution in [1.82, 2.24) is 0 Å². The Morgan fingerprint density at radius 3 is 2.38 bits per heavy atom. The molecule has 0 aliphatic heterocycles. The van der Waals surface area contributed by atoms with Crippen molar-refractivity contribution >= 4 is 11.6 Å². The summed E-state index contributed by atoms with van der Waals surface area (Å²) in [6, 6.07) is 12.4. The van der Waals surface area contributed by atoms with Crippen LogP contribution >= 0.6 is 11.6 Å². The molecule has 0 saturated heterocycles. The zero-order valence-electron chi connectivity index (χ0n) is 8.77. The highest BCUT2D eigenvalue weighted by molar-refractivity contribution is 6.30. The lowest BCUT2D eigenvalue weighted by molar-refractivity contribution is 0.416. The van der Waals surface area contributed by atoms with Gasteiger partial charge in [-0.1, -0.05) is 23.7 Å². The molecule has 0 unspecified atom stereocenters. The molecule has 0 fully saturated rings. The van der Waals surface area contributed by atoms with Gasteiger partial charge in [0.1, 0.15) is 11.5 Å². The minimum atomic E-state index is 0.247. The van der Waals surface area contributed by atoms with Crippen molar-refractivity contribution in [1.29, 1.82) is 0 Å². The van der Waals surface area contributed by atoms with Crippen LogP contribution < -0.4 is 4.74 Å². The van der Waals surface area contributed by atoms with Crippen LogP contribution in [0.1, 0.15) is 0 Å². The summed E-state index contributed by atoms with van der Waals surface area (Å²) in [6.07, 6.45) is 0. The van der Waals surface area contributed by atoms with Crippen molar-refractivity contribution in [3.05, 3.63) is 47.5 Å². The molecule has 2 rings (SSSR count). The van der Waals surface area contributed by atoms with Gasteiger partial charge in [-0.2, -0.15) is 0 Å². The van der Waals surface area contributed by atoms with Gasteiger partial charge in [0.25, 0.3) is 0 Å². The molecular formula is C13H11ClO2. The van der Waals surface area contributed by atoms with E-state index in [0.29, 0.717) is 5.02 Å². The van der Waals surface area contributed by atoms with Crippen LogP contribution in [-0.4, -0.2) is 12.2 Å². The molecule has 0 heterocycles. The van der Waals surface area contributed by atoms with Crippen LogP contribution in [0.4, 0.5) is 0 Å². The lowest BCUT2D eigenvalue weighted by atomic mass is 10.0. The van der Waals surface area contributed by atoms with Crippen molar-refractivity contribution in [2.45, 2.75) is 0 Å². The first kappa shape index (κ1) is 10.8. The van der Waals surface area contributed by atoms with E-state index in [4.69, 9.17) is 16.3 Å². The fraction of sp³-hybridized carbons (Fsp3) is 0.0769. The molecular weight excluding hydrogens is 224 g/mol. The molecule has 0 aliphatic rings. The third-order valence-electron chi connectivity index (χ3n) is 2.34. The average Bonchev–Trinajstić information content (AvgIpc) is 2.30. The van der Waals surface area contributed by atoms with E-state index in [-0.39, 0.29) is 5.75 Å². The quantitative estimate of drug-likeness (QED) is 0.858. The number of phenols is 1. The Morgan fingerprint density at radius 2 is 1.75 bits per heavy atom. The van der Waals surface area contributed by atoms with Crippen LogP contribution in [0, 0.1) is 0 Å². The second-order valence-corrected chi connectivity index (χ2v) is 3.83. The fourth-order valence-electron chi connectivity index (χ4n) is 1.54. The molecule has 0 aromatic heterocycles. The topological polar surface area (TPSA) is 29.5 Å². The number of ether oxygens (including phenoxy) is 1. The van der Waals surface area contributed by atoms with Crippen LogP contribution in [0.15, 0.2) is 42.5 Å². The van der Waals surface area contributed by atoms with Crippen LogP contribution in [0.2, 0.25) is 5.02 Å². The molecule has 2 aromatic rings. The first-order valence-corrected chi connectivity index (χ1v) is 5.21. The van der Waals surface area contributed by atoms with Gasteiger partial charge in [-0.3, -0.25) is 0 Å². The predicted octanol–water partition coefficient (Wildman–Crippen LogP) is 3.72. The standard InChI is InChI=1S/C13H11ClO2/c1-16-13-8-10(14)4-7-12(13)9-2-5-11(15)6-3-9/h2-8,15H,1H3. The first-order chi connectivity index (χ1) is 7.70. The Morgan fingerprint density at radius 1 is 1.06 bits per heavy atom. The summed E-state index contributed by atoms with van der Waals surface area (Å²) in [5, 5.41) is 9.86. The van der Waals surface area contributed by atoms with Crippen molar-refractivity contribution in [2.24, 2.45) is 0 Å². The summed E-state index contributed by atoms with van der Waals surface area (Å²) in [5.41, 5.74) is 1.93. The van der Waals surface area contributed by atoms with E-state index in [1.165, 1.54) is 0 Å². The maximum absolute atomic E-state index is 9.22. The van der Waals surface area contributed by atoms with Gasteiger partial charge in [-0.05, 0) is 35.9 Å². The number of aromatic hydroxyl groups is 1. The molecule has 0 saturated carbocycles. The molecule has 0 bridgehead atoms. The van der Waals surface area contributed by atoms with E-state index < -0.39 is 0 Å². The average molecular weight is 235 g/mol. The molecule has 82 valence electrons. The van der Waals surface area contributed by atoms with E-state index >= 15 is 0 Å². The van der Waals surface area contributed by atoms with E-state index in [1.54, 1.807) is 25.3 Å². The molecule has 0 amide bonds. The second-order valence-electron chi connectivity index (χ2n) is 3.39. The zero-order valence-corrected chi connectivity index (χ0v) is 9.53. The van der Waals surface area contributed by atoms with Crippen LogP contribution in [-0.2, 0) is 0 Å². The summed E-state index contributed by atoms with van der Waals surface area (Å²) in [5.74, 6) is 0.967. The molecule has 2 nitrogen and oxygen atoms in total. The van der Waals surface area contributed by atoms with Gasteiger partial charge < -0.3 is 9.84 Å². The van der Waals surface area contributed by atoms with Crippen molar-refractivity contribution in [3.63, 3.8) is 0 Å². The number of halogens is 1. The molecule has 2 aromatic carbocycles. The van der Waals surface area contributed by atoms with E-state index in [1.807, 2.05) is 24.3 Å². The lowest BCUT2D eigenvalue weighted by Gasteiger charge is -2.09. The summed E-state index contributed by atoms with van der Waals surface area (Å²) < 4.78 is 5.26. The summed E-state index contributed by atoms with van der Waals surface area (Å²) in [7, 11) is 1.61. The lowest BCUT2D eigenvalue weighted by Crippen LogP contribution is -1.87. The fourth-order valence-corrected chi connectivity index (χ4v) is 1.71. The molecule has 0 radical (unpaired) electrons. The third-order valence-corrected chi connectivity index (χ3v) is 2.58. The number of phenolic OH excluding ortho intramolecular Hbond substituents is 1. The van der Waals surface area contributed by atoms with Crippen molar-refractivity contribution in [3.8, 4) is 22.6 Å². The van der Waals surface area contributed by atoms with Crippen molar-refractivity contribution < 1.29 is 9.84 Å². The highest BCUT2D eigenvalue weighted by atomic mass is 35.5. The van der Waals surface area contributed by atoms with Crippen LogP contribution in [0.3, 0.4) is 0 Å². The predicted molar refractivity (Wildman–Crippen MR) is 65.1 cm³/mol. The number of benzene rings is 2. The Bertz CT molecular complexity index is 492. The maximum Gasteiger partial charge on any atom is 0.128 e. The second kappa shape index (κ2) is 4.45. The Kier molecular flexibility index (Phi) is 3.02. The van der Waals surface area contributed by atoms with Crippen LogP contribution in [0.25, 0.3) is 11.1 Å². The van der Waals surface area contributed by atoms with Gasteiger partial charge in [0.2, 0.25) is 0 Å². The highest BCUT2D eigenvalue weighted by Gasteiger charge is 2.06. The van der Waals surface area contributed by atoms with Crippen molar-refractivity contribution in [2.75, 3.05) is 7.11 Å². The largest absolute Gasteiger partial charge is 0.508 e. The minimum Gasteiger partial charge on any atom is -0.508 e. The van der Waals surface area contributed by atoms with Gasteiger partial charge >= 0.3 is 0 Å². The molecule has 0 spiro atoms. The van der Waals surface area contributed by atoms with E-state index in [0.717, 1.165) is 16.9 Å². The van der Waals surface area contributed by atoms with Gasteiger partial charge in [0.15, 0.2) is 0 Å². The number of hydrogen-bond donors (Lipinski definition) is 1. The Balaban J connectivity index is 2.51. The van der Waals surface area contributed by atoms with E-state index in [2.05, 4.69) is 0 Å². The first-order valence-electron chi connectivity index (χ1n) is 4.83. The number of methoxy groups -OCH3 is 1. The summed E-state index contributed by atoms with van der Waals surface area (Å²) in [4.78, 5) is 0. The van der Waals surface area contributed by atoms with Gasteiger partial charge in [-0.25, -0.2) is 0 Å². The molecule has 0 atom stereocenters. The van der Waals surface area contributed by atoms with Gasteiger partial charge in [0, 0.05) is 10.6 Å². The molecule has 1 N–H and O–H groups in total. The summed E-state index contributed by atoms with van der Waals surface area (Å²) in [6.45, 7) is 0. The van der Waals surface area contributed by atoms with Gasteiger partial charge in [0.05, 0.1) is 7.11 Å². The van der Waals surface area contributed by atoms with Crippen LogP contribution in [0.5, 0.6) is 11.5 Å². The minimum absolute atomic E-state index is 0.247. The maximum atomic E-state index is 9.22. The molecule has 0 aliphatic carbocycles. The Labute approximate surface area is 99.1 Å². The Hall–Kier alpha value is -1.67. The number of hydrogen-bond acceptors (Lipinski definition) is 2. The van der Waals surface area contributed by atoms with Gasteiger partial charge in [-0.15, -0.1) is 0 Å². The molecule has 3 heteroatoms. The normalized spacial score (nSPS) is 10.1. The zero-order chi connectivity index (χ0) is 11.5. The van der Waals surface area contributed by atoms with E-state index in [9.17, 15) is 5.11 Å². The molecule has 16 heavy (non-hydrogen) atoms. The highest BCUT2D eigenvalue weighted by Crippen LogP contribution is 2.32. The SMILES string of the molecule is COc1cc(Cl)ccc1-c1ccc(O)cc1. The summed E-state index contributed by atoms with van der Waals surface area (Å²) >= 11 is 5.89. The smallest absolute Gasteiger partial charge is 0.128 e.